The van der Waals surface area contributed by atoms with Gasteiger partial charge in [-0.3, -0.25) is 9.69 Å². The number of morpholine rings is 1. The van der Waals surface area contributed by atoms with Crippen LogP contribution in [0.3, 0.4) is 0 Å². The summed E-state index contributed by atoms with van der Waals surface area (Å²) in [6.07, 6.45) is 0.898. The second-order valence-electron chi connectivity index (χ2n) is 8.95. The summed E-state index contributed by atoms with van der Waals surface area (Å²) in [7, 11) is 0. The van der Waals surface area contributed by atoms with Gasteiger partial charge in [-0.25, -0.2) is 9.97 Å². The molecular weight excluding hydrogens is 430 g/mol. The van der Waals surface area contributed by atoms with Gasteiger partial charge in [0.1, 0.15) is 34.9 Å². The number of nitrogens with two attached hydrogens (primary N) is 2. The summed E-state index contributed by atoms with van der Waals surface area (Å²) >= 11 is 0. The average molecular weight is 458 g/mol. The number of benzene rings is 1. The van der Waals surface area contributed by atoms with Gasteiger partial charge < -0.3 is 21.1 Å². The molecule has 1 fully saturated rings. The van der Waals surface area contributed by atoms with E-state index in [4.69, 9.17) is 16.2 Å². The molecule has 4 heterocycles. The molecule has 0 spiro atoms. The second kappa shape index (κ2) is 8.15. The van der Waals surface area contributed by atoms with E-state index in [0.717, 1.165) is 17.7 Å². The maximum absolute atomic E-state index is 13.2. The lowest BCUT2D eigenvalue weighted by Gasteiger charge is -2.36. The van der Waals surface area contributed by atoms with Gasteiger partial charge in [0.2, 0.25) is 5.91 Å². The van der Waals surface area contributed by atoms with Crippen molar-refractivity contribution in [1.29, 1.82) is 5.26 Å². The lowest BCUT2D eigenvalue weighted by molar-refractivity contribution is -0.116. The minimum Gasteiger partial charge on any atom is -0.383 e. The number of carbonyl (C=O) groups excluding carboxylic acids is 1. The van der Waals surface area contributed by atoms with Crippen LogP contribution in [-0.2, 0) is 22.4 Å². The van der Waals surface area contributed by atoms with Gasteiger partial charge >= 0.3 is 0 Å². The fraction of sp³-hybridized carbons (Fsp3) is 0.360. The van der Waals surface area contributed by atoms with Crippen molar-refractivity contribution in [2.24, 2.45) is 0 Å². The Kier molecular flexibility index (Phi) is 5.25. The van der Waals surface area contributed by atoms with Gasteiger partial charge in [-0.15, -0.1) is 0 Å². The third kappa shape index (κ3) is 3.38. The van der Waals surface area contributed by atoms with Crippen molar-refractivity contribution < 1.29 is 9.53 Å². The predicted octanol–water partition coefficient (Wildman–Crippen LogP) is 3.06. The molecule has 34 heavy (non-hydrogen) atoms. The first-order chi connectivity index (χ1) is 16.3. The number of hydrogen-bond donors (Lipinski definition) is 2. The molecule has 0 aliphatic carbocycles. The number of hydrogen-bond acceptors (Lipinski definition) is 8. The van der Waals surface area contributed by atoms with Gasteiger partial charge in [0.25, 0.3) is 0 Å². The summed E-state index contributed by atoms with van der Waals surface area (Å²) in [4.78, 5) is 26.0. The number of ether oxygens (including phenoxy) is 1. The van der Waals surface area contributed by atoms with Crippen LogP contribution in [0.4, 0.5) is 29.0 Å². The number of aryl methyl sites for hydroxylation is 1. The highest BCUT2D eigenvalue weighted by Crippen LogP contribution is 2.44. The van der Waals surface area contributed by atoms with E-state index < -0.39 is 0 Å². The molecule has 2 aliphatic heterocycles. The van der Waals surface area contributed by atoms with Crippen molar-refractivity contribution >= 4 is 45.6 Å². The summed E-state index contributed by atoms with van der Waals surface area (Å²) in [5.74, 6) is 1.15. The normalized spacial score (nSPS) is 20.0. The fourth-order valence-electron chi connectivity index (χ4n) is 5.07. The molecule has 2 aliphatic rings. The van der Waals surface area contributed by atoms with Crippen LogP contribution in [0.1, 0.15) is 37.5 Å². The predicted molar refractivity (Wildman–Crippen MR) is 132 cm³/mol. The van der Waals surface area contributed by atoms with E-state index in [1.165, 1.54) is 0 Å². The van der Waals surface area contributed by atoms with Crippen LogP contribution in [0.15, 0.2) is 24.3 Å². The van der Waals surface area contributed by atoms with Crippen molar-refractivity contribution in [3.05, 3.63) is 41.0 Å². The molecule has 4 N–H and O–H groups in total. The van der Waals surface area contributed by atoms with Crippen LogP contribution in [-0.4, -0.2) is 41.2 Å². The molecule has 1 aromatic carbocycles. The zero-order valence-corrected chi connectivity index (χ0v) is 19.5. The molecule has 0 radical (unpaired) electrons. The largest absolute Gasteiger partial charge is 0.383 e. The Morgan fingerprint density at radius 1 is 1.12 bits per heavy atom. The standard InChI is InChI=1S/C25H27N7O2/c1-4-15-6-5-7-16(8-15)32-19(33)9-17-20-18(10-26)24(31-11-13(2)34-14(3)12-31)29-22(27)21(20)23(28)30-25(17)32/h5-8,13-14H,4,9,11-12H2,1-3H3,(H2,27,29)(H2,28,30)/t13-,14+. The molecule has 5 rings (SSSR count). The van der Waals surface area contributed by atoms with Crippen LogP contribution in [0.2, 0.25) is 0 Å². The second-order valence-corrected chi connectivity index (χ2v) is 8.95. The quantitative estimate of drug-likeness (QED) is 0.613. The lowest BCUT2D eigenvalue weighted by atomic mass is 10.00. The molecule has 9 heteroatoms. The molecule has 3 aromatic rings. The summed E-state index contributed by atoms with van der Waals surface area (Å²) in [5.41, 5.74) is 15.6. The Morgan fingerprint density at radius 2 is 1.79 bits per heavy atom. The maximum atomic E-state index is 13.2. The van der Waals surface area contributed by atoms with E-state index in [-0.39, 0.29) is 36.2 Å². The van der Waals surface area contributed by atoms with Crippen LogP contribution < -0.4 is 21.3 Å². The van der Waals surface area contributed by atoms with E-state index in [2.05, 4.69) is 23.0 Å². The Balaban J connectivity index is 1.75. The van der Waals surface area contributed by atoms with Crippen LogP contribution in [0, 0.1) is 11.3 Å². The van der Waals surface area contributed by atoms with Gasteiger partial charge in [0.05, 0.1) is 29.7 Å². The smallest absolute Gasteiger partial charge is 0.237 e. The van der Waals surface area contributed by atoms with Crippen molar-refractivity contribution in [2.45, 2.75) is 45.8 Å². The first kappa shape index (κ1) is 21.9. The minimum atomic E-state index is -0.128. The van der Waals surface area contributed by atoms with Gasteiger partial charge in [-0.1, -0.05) is 19.1 Å². The van der Waals surface area contributed by atoms with E-state index in [9.17, 15) is 10.1 Å². The summed E-state index contributed by atoms with van der Waals surface area (Å²) < 4.78 is 5.85. The third-order valence-corrected chi connectivity index (χ3v) is 6.46. The molecule has 0 unspecified atom stereocenters. The fourth-order valence-corrected chi connectivity index (χ4v) is 5.07. The number of nitriles is 1. The topological polar surface area (TPSA) is 134 Å². The number of anilines is 5. The number of pyridine rings is 2. The highest BCUT2D eigenvalue weighted by atomic mass is 16.5. The van der Waals surface area contributed by atoms with E-state index >= 15 is 0 Å². The Morgan fingerprint density at radius 3 is 2.44 bits per heavy atom. The summed E-state index contributed by atoms with van der Waals surface area (Å²) in [6.45, 7) is 7.19. The number of aromatic nitrogens is 2. The number of amides is 1. The first-order valence-electron chi connectivity index (χ1n) is 11.5. The van der Waals surface area contributed by atoms with Crippen molar-refractivity contribution in [2.75, 3.05) is 34.4 Å². The number of nitrogens with zero attached hydrogens (tertiary/aromatic N) is 5. The van der Waals surface area contributed by atoms with Gasteiger partial charge in [0.15, 0.2) is 0 Å². The van der Waals surface area contributed by atoms with Crippen LogP contribution in [0.5, 0.6) is 0 Å². The highest BCUT2D eigenvalue weighted by molar-refractivity contribution is 6.15. The first-order valence-corrected chi connectivity index (χ1v) is 11.5. The Bertz CT molecular complexity index is 1350. The third-order valence-electron chi connectivity index (χ3n) is 6.46. The van der Waals surface area contributed by atoms with Crippen molar-refractivity contribution in [3.8, 4) is 6.07 Å². The molecule has 174 valence electrons. The number of rotatable bonds is 3. The molecular formula is C25H27N7O2. The SMILES string of the molecule is CCc1cccc(N2C(=O)Cc3c2nc(N)c2c(N)nc(N4C[C@@H](C)O[C@@H](C)C4)c(C#N)c32)c1. The molecule has 9 nitrogen and oxygen atoms in total. The van der Waals surface area contributed by atoms with Crippen LogP contribution >= 0.6 is 0 Å². The molecule has 1 amide bonds. The monoisotopic (exact) mass is 457 g/mol. The Labute approximate surface area is 197 Å². The number of fused-ring (bicyclic) bond motifs is 3. The van der Waals surface area contributed by atoms with E-state index in [0.29, 0.717) is 46.6 Å². The molecule has 1 saturated heterocycles. The summed E-state index contributed by atoms with van der Waals surface area (Å²) in [6, 6.07) is 10.1. The highest BCUT2D eigenvalue weighted by Gasteiger charge is 2.36. The zero-order chi connectivity index (χ0) is 24.1. The number of carbonyl (C=O) groups is 1. The van der Waals surface area contributed by atoms with Crippen molar-refractivity contribution in [1.82, 2.24) is 9.97 Å². The van der Waals surface area contributed by atoms with E-state index in [1.807, 2.05) is 43.0 Å². The molecule has 2 aromatic heterocycles. The zero-order valence-electron chi connectivity index (χ0n) is 19.5. The van der Waals surface area contributed by atoms with Gasteiger partial charge in [-0.2, -0.15) is 5.26 Å². The number of nitrogen functional groups attached to an aromatic ring is 2. The molecule has 0 saturated carbocycles. The Hall–Kier alpha value is -3.90. The maximum Gasteiger partial charge on any atom is 0.237 e. The lowest BCUT2D eigenvalue weighted by Crippen LogP contribution is -2.46. The van der Waals surface area contributed by atoms with Gasteiger partial charge in [0, 0.05) is 24.0 Å². The van der Waals surface area contributed by atoms with Crippen LogP contribution in [0.25, 0.3) is 10.8 Å². The van der Waals surface area contributed by atoms with E-state index in [1.54, 1.807) is 4.90 Å². The van der Waals surface area contributed by atoms with Gasteiger partial charge in [-0.05, 0) is 38.0 Å². The van der Waals surface area contributed by atoms with Crippen molar-refractivity contribution in [3.63, 3.8) is 0 Å². The summed E-state index contributed by atoms with van der Waals surface area (Å²) in [5, 5.41) is 11.2. The molecule has 2 atom stereocenters. The average Bonchev–Trinajstić information content (AvgIpc) is 3.13. The minimum absolute atomic E-state index is 0.0230. The molecule has 0 bridgehead atoms.